The van der Waals surface area contributed by atoms with Crippen molar-refractivity contribution in [1.29, 1.82) is 5.26 Å². The molecule has 2 aromatic rings. The largest absolute Gasteiger partial charge is 0.479 e. The van der Waals surface area contributed by atoms with E-state index in [0.717, 1.165) is 5.69 Å². The Labute approximate surface area is 117 Å². The Morgan fingerprint density at radius 1 is 1.26 bits per heavy atom. The Bertz CT molecular complexity index is 569. The first-order valence-electron chi connectivity index (χ1n) is 6.11. The van der Waals surface area contributed by atoms with E-state index in [4.69, 9.17) is 10.00 Å². The number of thiophene rings is 1. The molecule has 98 valence electrons. The number of hydrogen-bond donors (Lipinski definition) is 1. The van der Waals surface area contributed by atoms with Crippen LogP contribution in [0.5, 0.6) is 5.75 Å². The van der Waals surface area contributed by atoms with Gasteiger partial charge in [0, 0.05) is 15.4 Å². The van der Waals surface area contributed by atoms with Crippen molar-refractivity contribution in [2.75, 3.05) is 11.9 Å². The van der Waals surface area contributed by atoms with Crippen LogP contribution >= 0.6 is 11.3 Å². The summed E-state index contributed by atoms with van der Waals surface area (Å²) in [6.45, 7) is 4.34. The fraction of sp³-hybridized carbons (Fsp3) is 0.267. The van der Waals surface area contributed by atoms with E-state index in [-0.39, 0.29) is 12.6 Å². The maximum atomic E-state index is 8.44. The number of nitriles is 1. The van der Waals surface area contributed by atoms with Gasteiger partial charge in [0.15, 0.2) is 6.61 Å². The van der Waals surface area contributed by atoms with Crippen molar-refractivity contribution in [2.24, 2.45) is 0 Å². The van der Waals surface area contributed by atoms with E-state index in [1.54, 1.807) is 11.3 Å². The van der Waals surface area contributed by atoms with Gasteiger partial charge in [-0.25, -0.2) is 0 Å². The summed E-state index contributed by atoms with van der Waals surface area (Å²) in [6.07, 6.45) is 0. The third-order valence-corrected chi connectivity index (χ3v) is 3.91. The van der Waals surface area contributed by atoms with Gasteiger partial charge in [0.25, 0.3) is 0 Å². The molecule has 0 fully saturated rings. The summed E-state index contributed by atoms with van der Waals surface area (Å²) < 4.78 is 5.22. The Hall–Kier alpha value is -1.99. The highest BCUT2D eigenvalue weighted by atomic mass is 32.1. The van der Waals surface area contributed by atoms with Crippen molar-refractivity contribution < 1.29 is 4.74 Å². The van der Waals surface area contributed by atoms with Crippen molar-refractivity contribution in [3.8, 4) is 11.8 Å². The fourth-order valence-corrected chi connectivity index (χ4v) is 2.65. The SMILES string of the molecule is Cc1ccc(C(C)Nc2ccc(OCC#N)cc2)s1. The summed E-state index contributed by atoms with van der Waals surface area (Å²) in [5.41, 5.74) is 1.04. The van der Waals surface area contributed by atoms with Crippen LogP contribution in [0.25, 0.3) is 0 Å². The highest BCUT2D eigenvalue weighted by Gasteiger charge is 2.07. The lowest BCUT2D eigenvalue weighted by Gasteiger charge is -2.14. The van der Waals surface area contributed by atoms with Crippen LogP contribution in [0.15, 0.2) is 36.4 Å². The highest BCUT2D eigenvalue weighted by Crippen LogP contribution is 2.26. The van der Waals surface area contributed by atoms with Crippen molar-refractivity contribution in [3.05, 3.63) is 46.2 Å². The van der Waals surface area contributed by atoms with E-state index in [1.165, 1.54) is 9.75 Å². The smallest absolute Gasteiger partial charge is 0.174 e. The molecule has 0 aliphatic carbocycles. The lowest BCUT2D eigenvalue weighted by Crippen LogP contribution is -2.04. The molecule has 0 saturated heterocycles. The zero-order valence-electron chi connectivity index (χ0n) is 11.0. The average Bonchev–Trinajstić information content (AvgIpc) is 2.85. The van der Waals surface area contributed by atoms with E-state index in [0.29, 0.717) is 5.75 Å². The molecule has 3 nitrogen and oxygen atoms in total. The van der Waals surface area contributed by atoms with Crippen LogP contribution in [0.2, 0.25) is 0 Å². The number of hydrogen-bond acceptors (Lipinski definition) is 4. The number of ether oxygens (including phenoxy) is 1. The normalized spacial score (nSPS) is 11.6. The Morgan fingerprint density at radius 2 is 2.00 bits per heavy atom. The fourth-order valence-electron chi connectivity index (χ4n) is 1.77. The second kappa shape index (κ2) is 6.26. The third kappa shape index (κ3) is 3.73. The molecule has 1 atom stereocenters. The number of benzene rings is 1. The van der Waals surface area contributed by atoms with E-state index < -0.39 is 0 Å². The molecule has 1 heterocycles. The summed E-state index contributed by atoms with van der Waals surface area (Å²) in [7, 11) is 0. The first kappa shape index (κ1) is 13.4. The first-order valence-corrected chi connectivity index (χ1v) is 6.93. The van der Waals surface area contributed by atoms with Crippen molar-refractivity contribution in [1.82, 2.24) is 0 Å². The van der Waals surface area contributed by atoms with E-state index >= 15 is 0 Å². The molecular formula is C15H16N2OS. The molecule has 1 aromatic carbocycles. The predicted molar refractivity (Wildman–Crippen MR) is 78.6 cm³/mol. The minimum Gasteiger partial charge on any atom is -0.479 e. The van der Waals surface area contributed by atoms with Gasteiger partial charge < -0.3 is 10.1 Å². The minimum atomic E-state index is 0.0810. The van der Waals surface area contributed by atoms with Gasteiger partial charge in [-0.15, -0.1) is 11.3 Å². The molecule has 0 aliphatic rings. The molecule has 0 spiro atoms. The molecule has 19 heavy (non-hydrogen) atoms. The minimum absolute atomic E-state index is 0.0810. The maximum absolute atomic E-state index is 8.44. The molecule has 1 aromatic heterocycles. The molecule has 0 aliphatic heterocycles. The first-order chi connectivity index (χ1) is 9.19. The topological polar surface area (TPSA) is 45.0 Å². The third-order valence-electron chi connectivity index (χ3n) is 2.73. The van der Waals surface area contributed by atoms with E-state index in [2.05, 4.69) is 31.3 Å². The van der Waals surface area contributed by atoms with E-state index in [9.17, 15) is 0 Å². The maximum Gasteiger partial charge on any atom is 0.174 e. The summed E-state index contributed by atoms with van der Waals surface area (Å²) >= 11 is 1.81. The van der Waals surface area contributed by atoms with Crippen LogP contribution < -0.4 is 10.1 Å². The molecule has 4 heteroatoms. The Morgan fingerprint density at radius 3 is 2.58 bits per heavy atom. The number of rotatable bonds is 5. The van der Waals surface area contributed by atoms with Crippen LogP contribution in [-0.4, -0.2) is 6.61 Å². The van der Waals surface area contributed by atoms with Gasteiger partial charge >= 0.3 is 0 Å². The standard InChI is InChI=1S/C15H16N2OS/c1-11-3-8-15(19-11)12(2)17-13-4-6-14(7-5-13)18-10-9-16/h3-8,12,17H,10H2,1-2H3. The van der Waals surface area contributed by atoms with Crippen LogP contribution in [-0.2, 0) is 0 Å². The van der Waals surface area contributed by atoms with Gasteiger partial charge in [0.05, 0.1) is 6.04 Å². The quantitative estimate of drug-likeness (QED) is 0.890. The van der Waals surface area contributed by atoms with Gasteiger partial charge in [-0.1, -0.05) is 0 Å². The molecule has 0 bridgehead atoms. The van der Waals surface area contributed by atoms with Crippen LogP contribution in [0.4, 0.5) is 5.69 Å². The molecular weight excluding hydrogens is 256 g/mol. The van der Waals surface area contributed by atoms with Gasteiger partial charge in [-0.05, 0) is 50.2 Å². The number of anilines is 1. The summed E-state index contributed by atoms with van der Waals surface area (Å²) in [6, 6.07) is 14.2. The van der Waals surface area contributed by atoms with Crippen LogP contribution in [0.1, 0.15) is 22.7 Å². The van der Waals surface area contributed by atoms with Gasteiger partial charge in [0.1, 0.15) is 11.8 Å². The van der Waals surface area contributed by atoms with Crippen molar-refractivity contribution >= 4 is 17.0 Å². The van der Waals surface area contributed by atoms with Crippen LogP contribution in [0.3, 0.4) is 0 Å². The molecule has 1 unspecified atom stereocenters. The summed E-state index contributed by atoms with van der Waals surface area (Å²) in [5, 5.41) is 11.9. The average molecular weight is 272 g/mol. The molecule has 0 radical (unpaired) electrons. The highest BCUT2D eigenvalue weighted by molar-refractivity contribution is 7.12. The van der Waals surface area contributed by atoms with Crippen molar-refractivity contribution in [3.63, 3.8) is 0 Å². The van der Waals surface area contributed by atoms with Crippen molar-refractivity contribution in [2.45, 2.75) is 19.9 Å². The Kier molecular flexibility index (Phi) is 4.43. The second-order valence-electron chi connectivity index (χ2n) is 4.29. The zero-order chi connectivity index (χ0) is 13.7. The summed E-state index contributed by atoms with van der Waals surface area (Å²) in [4.78, 5) is 2.64. The molecule has 0 saturated carbocycles. The number of aryl methyl sites for hydroxylation is 1. The van der Waals surface area contributed by atoms with Gasteiger partial charge in [-0.2, -0.15) is 5.26 Å². The predicted octanol–water partition coefficient (Wildman–Crippen LogP) is 4.13. The molecule has 0 amide bonds. The lowest BCUT2D eigenvalue weighted by molar-refractivity contribution is 0.368. The van der Waals surface area contributed by atoms with Gasteiger partial charge in [-0.3, -0.25) is 0 Å². The number of nitrogens with zero attached hydrogens (tertiary/aromatic N) is 1. The second-order valence-corrected chi connectivity index (χ2v) is 5.61. The monoisotopic (exact) mass is 272 g/mol. The lowest BCUT2D eigenvalue weighted by atomic mass is 10.2. The van der Waals surface area contributed by atoms with E-state index in [1.807, 2.05) is 30.3 Å². The molecule has 1 N–H and O–H groups in total. The van der Waals surface area contributed by atoms with Gasteiger partial charge in [0.2, 0.25) is 0 Å². The number of nitrogens with one attached hydrogen (secondary N) is 1. The van der Waals surface area contributed by atoms with Crippen LogP contribution in [0, 0.1) is 18.3 Å². The molecule has 2 rings (SSSR count). The zero-order valence-corrected chi connectivity index (χ0v) is 11.8. The summed E-state index contributed by atoms with van der Waals surface area (Å²) in [5.74, 6) is 0.715. The Balaban J connectivity index is 1.97.